The van der Waals surface area contributed by atoms with Crippen molar-refractivity contribution in [2.24, 2.45) is 0 Å². The van der Waals surface area contributed by atoms with E-state index >= 15 is 0 Å². The number of benzene rings is 1. The summed E-state index contributed by atoms with van der Waals surface area (Å²) in [5.41, 5.74) is 2.71. The maximum atomic E-state index is 12.3. The summed E-state index contributed by atoms with van der Waals surface area (Å²) >= 11 is 1.56. The predicted octanol–water partition coefficient (Wildman–Crippen LogP) is 3.39. The van der Waals surface area contributed by atoms with Crippen LogP contribution in [0.3, 0.4) is 0 Å². The topological polar surface area (TPSA) is 41.6 Å². The van der Waals surface area contributed by atoms with E-state index in [2.05, 4.69) is 34.5 Å². The number of thiophene rings is 1. The molecule has 2 aliphatic rings. The molecule has 1 aromatic heterocycles. The van der Waals surface area contributed by atoms with Crippen molar-refractivity contribution in [2.45, 2.75) is 25.4 Å². The zero-order chi connectivity index (χ0) is 16.4. The quantitative estimate of drug-likeness (QED) is 0.905. The molecule has 0 radical (unpaired) electrons. The summed E-state index contributed by atoms with van der Waals surface area (Å²) in [6, 6.07) is 12.5. The number of amides is 1. The predicted molar refractivity (Wildman–Crippen MR) is 96.9 cm³/mol. The molecular weight excluding hydrogens is 320 g/mol. The molecule has 1 amide bonds. The van der Waals surface area contributed by atoms with Gasteiger partial charge >= 0.3 is 0 Å². The molecule has 3 heterocycles. The molecule has 0 spiro atoms. The first-order valence-corrected chi connectivity index (χ1v) is 9.45. The molecule has 1 aromatic carbocycles. The molecule has 1 atom stereocenters. The number of para-hydroxylation sites is 1. The highest BCUT2D eigenvalue weighted by Crippen LogP contribution is 2.33. The Bertz CT molecular complexity index is 722. The maximum absolute atomic E-state index is 12.3. The third kappa shape index (κ3) is 3.19. The van der Waals surface area contributed by atoms with E-state index in [-0.39, 0.29) is 12.0 Å². The lowest BCUT2D eigenvalue weighted by Gasteiger charge is -2.19. The third-order valence-electron chi connectivity index (χ3n) is 4.75. The van der Waals surface area contributed by atoms with Crippen molar-refractivity contribution in [3.8, 4) is 0 Å². The van der Waals surface area contributed by atoms with E-state index in [0.717, 1.165) is 43.8 Å². The van der Waals surface area contributed by atoms with Gasteiger partial charge in [-0.15, -0.1) is 11.3 Å². The normalized spacial score (nSPS) is 19.5. The fourth-order valence-corrected chi connectivity index (χ4v) is 4.49. The lowest BCUT2D eigenvalue weighted by atomic mass is 10.2. The van der Waals surface area contributed by atoms with Crippen molar-refractivity contribution in [2.75, 3.05) is 31.1 Å². The van der Waals surface area contributed by atoms with Crippen molar-refractivity contribution in [3.05, 3.63) is 51.7 Å². The Hall–Kier alpha value is -1.85. The van der Waals surface area contributed by atoms with E-state index in [0.29, 0.717) is 6.54 Å². The Kier molecular flexibility index (Phi) is 4.54. The van der Waals surface area contributed by atoms with E-state index in [1.165, 1.54) is 16.1 Å². The van der Waals surface area contributed by atoms with Crippen LogP contribution in [0.15, 0.2) is 36.4 Å². The fourth-order valence-electron chi connectivity index (χ4n) is 3.48. The molecule has 4 rings (SSSR count). The second-order valence-corrected chi connectivity index (χ2v) is 7.44. The summed E-state index contributed by atoms with van der Waals surface area (Å²) in [6.45, 7) is 3.39. The molecule has 0 bridgehead atoms. The monoisotopic (exact) mass is 342 g/mol. The number of ether oxygens (including phenoxy) is 1. The first-order valence-electron chi connectivity index (χ1n) is 8.63. The van der Waals surface area contributed by atoms with Gasteiger partial charge in [0, 0.05) is 36.8 Å². The Morgan fingerprint density at radius 3 is 3.08 bits per heavy atom. The number of anilines is 1. The van der Waals surface area contributed by atoms with Gasteiger partial charge in [0.25, 0.3) is 5.91 Å². The molecule has 24 heavy (non-hydrogen) atoms. The number of hydrogen-bond acceptors (Lipinski definition) is 4. The van der Waals surface area contributed by atoms with Crippen LogP contribution in [0, 0.1) is 0 Å². The minimum absolute atomic E-state index is 0.0247. The van der Waals surface area contributed by atoms with Gasteiger partial charge in [-0.05, 0) is 43.0 Å². The van der Waals surface area contributed by atoms with E-state index in [4.69, 9.17) is 4.74 Å². The second kappa shape index (κ2) is 6.95. The molecular formula is C19H22N2O2S. The smallest absolute Gasteiger partial charge is 0.261 e. The third-order valence-corrected chi connectivity index (χ3v) is 5.92. The molecule has 0 aliphatic carbocycles. The van der Waals surface area contributed by atoms with Crippen LogP contribution < -0.4 is 10.2 Å². The molecule has 1 N–H and O–H groups in total. The number of rotatable bonds is 5. The van der Waals surface area contributed by atoms with Gasteiger partial charge in [0.05, 0.1) is 11.0 Å². The van der Waals surface area contributed by atoms with Crippen molar-refractivity contribution in [3.63, 3.8) is 0 Å². The van der Waals surface area contributed by atoms with Gasteiger partial charge in [0.1, 0.15) is 0 Å². The summed E-state index contributed by atoms with van der Waals surface area (Å²) in [5, 5.41) is 3.05. The zero-order valence-corrected chi connectivity index (χ0v) is 14.5. The molecule has 0 saturated carbocycles. The summed E-state index contributed by atoms with van der Waals surface area (Å²) in [4.78, 5) is 16.6. The van der Waals surface area contributed by atoms with E-state index in [1.807, 2.05) is 12.1 Å². The first-order chi connectivity index (χ1) is 11.8. The lowest BCUT2D eigenvalue weighted by Crippen LogP contribution is -2.33. The van der Waals surface area contributed by atoms with Crippen LogP contribution in [-0.4, -0.2) is 32.1 Å². The van der Waals surface area contributed by atoms with Gasteiger partial charge < -0.3 is 15.0 Å². The highest BCUT2D eigenvalue weighted by molar-refractivity contribution is 7.14. The average Bonchev–Trinajstić information content (AvgIpc) is 3.35. The largest absolute Gasteiger partial charge is 0.373 e. The zero-order valence-electron chi connectivity index (χ0n) is 13.7. The number of carbonyl (C=O) groups excluding carboxylic acids is 1. The molecule has 0 unspecified atom stereocenters. The minimum atomic E-state index is 0.0247. The van der Waals surface area contributed by atoms with Gasteiger partial charge in [-0.2, -0.15) is 0 Å². The first kappa shape index (κ1) is 15.7. The van der Waals surface area contributed by atoms with Crippen LogP contribution in [0.25, 0.3) is 0 Å². The number of nitrogens with one attached hydrogen (secondary N) is 1. The number of nitrogens with zero attached hydrogens (tertiary/aromatic N) is 1. The standard InChI is InChI=1S/C19H22N2O2S/c22-19(18-8-7-17(24-18)16-6-3-13-23-16)20-10-12-21-11-9-14-4-1-2-5-15(14)21/h1-2,4-5,7-8,16H,3,6,9-13H2,(H,20,22)/t16-/m0/s1. The summed E-state index contributed by atoms with van der Waals surface area (Å²) < 4.78 is 5.69. The fraction of sp³-hybridized carbons (Fsp3) is 0.421. The highest BCUT2D eigenvalue weighted by Gasteiger charge is 2.21. The molecule has 2 aliphatic heterocycles. The molecule has 2 aromatic rings. The van der Waals surface area contributed by atoms with Crippen LogP contribution >= 0.6 is 11.3 Å². The molecule has 5 heteroatoms. The molecule has 4 nitrogen and oxygen atoms in total. The van der Waals surface area contributed by atoms with E-state index in [9.17, 15) is 4.79 Å². The molecule has 1 fully saturated rings. The van der Waals surface area contributed by atoms with Gasteiger partial charge in [0.15, 0.2) is 0 Å². The van der Waals surface area contributed by atoms with Gasteiger partial charge in [-0.1, -0.05) is 18.2 Å². The van der Waals surface area contributed by atoms with Crippen molar-refractivity contribution < 1.29 is 9.53 Å². The van der Waals surface area contributed by atoms with E-state index < -0.39 is 0 Å². The number of fused-ring (bicyclic) bond motifs is 1. The van der Waals surface area contributed by atoms with Crippen LogP contribution in [0.4, 0.5) is 5.69 Å². The summed E-state index contributed by atoms with van der Waals surface area (Å²) in [6.07, 6.45) is 3.47. The number of hydrogen-bond donors (Lipinski definition) is 1. The SMILES string of the molecule is O=C(NCCN1CCc2ccccc21)c1ccc([C@@H]2CCCO2)s1. The van der Waals surface area contributed by atoms with Crippen molar-refractivity contribution >= 4 is 22.9 Å². The van der Waals surface area contributed by atoms with Crippen LogP contribution in [-0.2, 0) is 11.2 Å². The number of carbonyl (C=O) groups is 1. The Morgan fingerprint density at radius 2 is 2.21 bits per heavy atom. The summed E-state index contributed by atoms with van der Waals surface area (Å²) in [7, 11) is 0. The van der Waals surface area contributed by atoms with Crippen LogP contribution in [0.1, 0.15) is 39.1 Å². The highest BCUT2D eigenvalue weighted by atomic mass is 32.1. The Balaban J connectivity index is 1.29. The van der Waals surface area contributed by atoms with Gasteiger partial charge in [-0.25, -0.2) is 0 Å². The van der Waals surface area contributed by atoms with Gasteiger partial charge in [-0.3, -0.25) is 4.79 Å². The molecule has 126 valence electrons. The van der Waals surface area contributed by atoms with Crippen LogP contribution in [0.5, 0.6) is 0 Å². The van der Waals surface area contributed by atoms with Crippen molar-refractivity contribution in [1.29, 1.82) is 0 Å². The average molecular weight is 342 g/mol. The summed E-state index contributed by atoms with van der Waals surface area (Å²) in [5.74, 6) is 0.0247. The second-order valence-electron chi connectivity index (χ2n) is 6.33. The lowest BCUT2D eigenvalue weighted by molar-refractivity contribution is 0.0958. The van der Waals surface area contributed by atoms with Gasteiger partial charge in [0.2, 0.25) is 0 Å². The minimum Gasteiger partial charge on any atom is -0.373 e. The Morgan fingerprint density at radius 1 is 1.29 bits per heavy atom. The maximum Gasteiger partial charge on any atom is 0.261 e. The van der Waals surface area contributed by atoms with Crippen LogP contribution in [0.2, 0.25) is 0 Å². The Labute approximate surface area is 146 Å². The molecule has 1 saturated heterocycles. The van der Waals surface area contributed by atoms with Crippen molar-refractivity contribution in [1.82, 2.24) is 5.32 Å². The van der Waals surface area contributed by atoms with E-state index in [1.54, 1.807) is 11.3 Å².